The summed E-state index contributed by atoms with van der Waals surface area (Å²) in [5.74, 6) is 0.253. The monoisotopic (exact) mass is 281 g/mol. The van der Waals surface area contributed by atoms with E-state index in [4.69, 9.17) is 0 Å². The van der Waals surface area contributed by atoms with E-state index in [2.05, 4.69) is 10.3 Å². The highest BCUT2D eigenvalue weighted by Crippen LogP contribution is 2.09. The predicted octanol–water partition coefficient (Wildman–Crippen LogP) is 1.69. The molecular weight excluding hydrogens is 266 g/mol. The van der Waals surface area contributed by atoms with Crippen LogP contribution in [-0.2, 0) is 13.1 Å². The van der Waals surface area contributed by atoms with Crippen LogP contribution in [0.4, 0.5) is 0 Å². The number of rotatable bonds is 4. The number of nitrogens with zero attached hydrogens (tertiary/aromatic N) is 2. The van der Waals surface area contributed by atoms with Gasteiger partial charge in [0.2, 0.25) is 0 Å². The molecule has 21 heavy (non-hydrogen) atoms. The van der Waals surface area contributed by atoms with E-state index < -0.39 is 0 Å². The zero-order valence-corrected chi connectivity index (χ0v) is 11.4. The van der Waals surface area contributed by atoms with Gasteiger partial charge in [0.15, 0.2) is 0 Å². The third kappa shape index (κ3) is 3.09. The molecule has 0 radical (unpaired) electrons. The normalized spacial score (nSPS) is 10.9. The molecule has 0 aliphatic rings. The van der Waals surface area contributed by atoms with Crippen molar-refractivity contribution < 1.29 is 5.11 Å². The summed E-state index contributed by atoms with van der Waals surface area (Å²) in [6.45, 7) is 1.16. The first-order valence-electron chi connectivity index (χ1n) is 6.68. The van der Waals surface area contributed by atoms with Crippen LogP contribution < -0.4 is 10.9 Å². The maximum atomic E-state index is 11.9. The summed E-state index contributed by atoms with van der Waals surface area (Å²) in [6.07, 6.45) is 1.71. The Labute approximate surface area is 121 Å². The Morgan fingerprint density at radius 1 is 1.10 bits per heavy atom. The van der Waals surface area contributed by atoms with Crippen LogP contribution in [0.3, 0.4) is 0 Å². The van der Waals surface area contributed by atoms with Gasteiger partial charge in [-0.1, -0.05) is 18.2 Å². The van der Waals surface area contributed by atoms with Crippen molar-refractivity contribution in [3.05, 3.63) is 76.3 Å². The van der Waals surface area contributed by atoms with Crippen molar-refractivity contribution in [3.63, 3.8) is 0 Å². The standard InChI is InChI=1S/C16H15N3O2/c20-14-6-4-12(5-7-14)10-17-11-13-9-16(21)19-8-2-1-3-15(19)18-13/h1-9,17,20H,10-11H2. The Morgan fingerprint density at radius 3 is 2.71 bits per heavy atom. The highest BCUT2D eigenvalue weighted by Gasteiger charge is 2.01. The van der Waals surface area contributed by atoms with Gasteiger partial charge in [0.25, 0.3) is 5.56 Å². The molecular formula is C16H15N3O2. The summed E-state index contributed by atoms with van der Waals surface area (Å²) in [6, 6.07) is 14.0. The van der Waals surface area contributed by atoms with Crippen LogP contribution >= 0.6 is 0 Å². The van der Waals surface area contributed by atoms with E-state index >= 15 is 0 Å². The molecule has 2 heterocycles. The average Bonchev–Trinajstić information content (AvgIpc) is 2.49. The molecule has 5 heteroatoms. The average molecular weight is 281 g/mol. The largest absolute Gasteiger partial charge is 0.508 e. The van der Waals surface area contributed by atoms with Gasteiger partial charge >= 0.3 is 0 Å². The Balaban J connectivity index is 1.70. The van der Waals surface area contributed by atoms with Crippen LogP contribution in [0, 0.1) is 0 Å². The lowest BCUT2D eigenvalue weighted by Gasteiger charge is -2.06. The third-order valence-corrected chi connectivity index (χ3v) is 3.20. The molecule has 106 valence electrons. The van der Waals surface area contributed by atoms with Gasteiger partial charge < -0.3 is 10.4 Å². The molecule has 0 spiro atoms. The van der Waals surface area contributed by atoms with E-state index in [0.29, 0.717) is 24.4 Å². The van der Waals surface area contributed by atoms with Gasteiger partial charge in [-0.25, -0.2) is 4.98 Å². The Kier molecular flexibility index (Phi) is 3.66. The molecule has 0 atom stereocenters. The lowest BCUT2D eigenvalue weighted by atomic mass is 10.2. The molecule has 0 unspecified atom stereocenters. The lowest BCUT2D eigenvalue weighted by molar-refractivity contribution is 0.475. The van der Waals surface area contributed by atoms with Gasteiger partial charge in [0.1, 0.15) is 11.4 Å². The smallest absolute Gasteiger partial charge is 0.258 e. The molecule has 0 amide bonds. The molecule has 0 saturated heterocycles. The number of fused-ring (bicyclic) bond motifs is 1. The van der Waals surface area contributed by atoms with Gasteiger partial charge in [0.05, 0.1) is 5.69 Å². The fraction of sp³-hybridized carbons (Fsp3) is 0.125. The van der Waals surface area contributed by atoms with Crippen LogP contribution in [0.1, 0.15) is 11.3 Å². The fourth-order valence-electron chi connectivity index (χ4n) is 2.14. The molecule has 0 bridgehead atoms. The van der Waals surface area contributed by atoms with Crippen molar-refractivity contribution in [3.8, 4) is 5.75 Å². The molecule has 1 aromatic carbocycles. The number of aromatic nitrogens is 2. The van der Waals surface area contributed by atoms with Crippen LogP contribution in [0.15, 0.2) is 59.5 Å². The topological polar surface area (TPSA) is 66.6 Å². The SMILES string of the molecule is O=c1cc(CNCc2ccc(O)cc2)nc2ccccn12. The highest BCUT2D eigenvalue weighted by molar-refractivity contribution is 5.38. The van der Waals surface area contributed by atoms with Crippen LogP contribution in [-0.4, -0.2) is 14.5 Å². The van der Waals surface area contributed by atoms with Gasteiger partial charge in [-0.2, -0.15) is 0 Å². The van der Waals surface area contributed by atoms with Crippen LogP contribution in [0.5, 0.6) is 5.75 Å². The van der Waals surface area contributed by atoms with Crippen LogP contribution in [0.2, 0.25) is 0 Å². The maximum Gasteiger partial charge on any atom is 0.258 e. The summed E-state index contributed by atoms with van der Waals surface area (Å²) in [4.78, 5) is 16.4. The number of pyridine rings is 1. The van der Waals surface area contributed by atoms with E-state index in [9.17, 15) is 9.90 Å². The van der Waals surface area contributed by atoms with E-state index in [1.54, 1.807) is 24.4 Å². The van der Waals surface area contributed by atoms with Crippen LogP contribution in [0.25, 0.3) is 5.65 Å². The predicted molar refractivity (Wildman–Crippen MR) is 80.1 cm³/mol. The minimum atomic E-state index is -0.0815. The molecule has 0 aliphatic heterocycles. The van der Waals surface area contributed by atoms with Gasteiger partial charge in [-0.3, -0.25) is 9.20 Å². The number of nitrogens with one attached hydrogen (secondary N) is 1. The lowest BCUT2D eigenvalue weighted by Crippen LogP contribution is -2.19. The van der Waals surface area contributed by atoms with Crippen molar-refractivity contribution in [1.29, 1.82) is 0 Å². The summed E-state index contributed by atoms with van der Waals surface area (Å²) >= 11 is 0. The molecule has 2 N–H and O–H groups in total. The molecule has 0 aliphatic carbocycles. The number of aromatic hydroxyl groups is 1. The second-order valence-corrected chi connectivity index (χ2v) is 4.78. The Bertz CT molecular complexity index is 810. The number of hydrogen-bond acceptors (Lipinski definition) is 4. The summed E-state index contributed by atoms with van der Waals surface area (Å²) in [5.41, 5.74) is 2.34. The second kappa shape index (κ2) is 5.76. The van der Waals surface area contributed by atoms with Crippen molar-refractivity contribution in [2.75, 3.05) is 0 Å². The molecule has 0 saturated carbocycles. The fourth-order valence-corrected chi connectivity index (χ4v) is 2.14. The van der Waals surface area contributed by atoms with E-state index in [1.165, 1.54) is 10.5 Å². The molecule has 3 aromatic rings. The first kappa shape index (κ1) is 13.3. The highest BCUT2D eigenvalue weighted by atomic mass is 16.3. The van der Waals surface area contributed by atoms with E-state index in [-0.39, 0.29) is 11.3 Å². The first-order chi connectivity index (χ1) is 10.2. The summed E-state index contributed by atoms with van der Waals surface area (Å²) in [7, 11) is 0. The number of phenolic OH excluding ortho intramolecular Hbond substituents is 1. The van der Waals surface area contributed by atoms with Crippen molar-refractivity contribution in [2.45, 2.75) is 13.1 Å². The van der Waals surface area contributed by atoms with Gasteiger partial charge in [0, 0.05) is 25.4 Å². The van der Waals surface area contributed by atoms with Gasteiger partial charge in [-0.15, -0.1) is 0 Å². The molecule has 5 nitrogen and oxygen atoms in total. The van der Waals surface area contributed by atoms with Crippen molar-refractivity contribution >= 4 is 5.65 Å². The van der Waals surface area contributed by atoms with E-state index in [1.807, 2.05) is 24.3 Å². The van der Waals surface area contributed by atoms with Crippen molar-refractivity contribution in [1.82, 2.24) is 14.7 Å². The Morgan fingerprint density at radius 2 is 1.90 bits per heavy atom. The van der Waals surface area contributed by atoms with Crippen molar-refractivity contribution in [2.24, 2.45) is 0 Å². The van der Waals surface area contributed by atoms with E-state index in [0.717, 1.165) is 5.56 Å². The van der Waals surface area contributed by atoms with Gasteiger partial charge in [-0.05, 0) is 29.8 Å². The summed E-state index contributed by atoms with van der Waals surface area (Å²) in [5, 5.41) is 12.5. The molecule has 0 fully saturated rings. The maximum absolute atomic E-state index is 11.9. The second-order valence-electron chi connectivity index (χ2n) is 4.78. The Hall–Kier alpha value is -2.66. The quantitative estimate of drug-likeness (QED) is 0.763. The number of phenols is 1. The minimum absolute atomic E-state index is 0.0815. The summed E-state index contributed by atoms with van der Waals surface area (Å²) < 4.78 is 1.52. The number of hydrogen-bond donors (Lipinski definition) is 2. The molecule has 3 rings (SSSR count). The minimum Gasteiger partial charge on any atom is -0.508 e. The zero-order valence-electron chi connectivity index (χ0n) is 11.4. The number of benzene rings is 1. The third-order valence-electron chi connectivity index (χ3n) is 3.20. The molecule has 2 aromatic heterocycles. The zero-order chi connectivity index (χ0) is 14.7. The first-order valence-corrected chi connectivity index (χ1v) is 6.68.